The van der Waals surface area contributed by atoms with E-state index < -0.39 is 0 Å². The Bertz CT molecular complexity index is 648. The smallest absolute Gasteiger partial charge is 0.322 e. The second-order valence-corrected chi connectivity index (χ2v) is 5.26. The number of rotatable bonds is 4. The number of hydrogen-bond donors (Lipinski definition) is 1. The molecule has 21 heavy (non-hydrogen) atoms. The first kappa shape index (κ1) is 14.1. The summed E-state index contributed by atoms with van der Waals surface area (Å²) >= 11 is 5.91. The Hall–Kier alpha value is -1.88. The molecule has 0 unspecified atom stereocenters. The van der Waals surface area contributed by atoms with Gasteiger partial charge in [0.2, 0.25) is 11.2 Å². The zero-order chi connectivity index (χ0) is 14.7. The van der Waals surface area contributed by atoms with Gasteiger partial charge in [0, 0.05) is 5.69 Å². The third-order valence-electron chi connectivity index (χ3n) is 3.50. The molecule has 0 saturated heterocycles. The lowest BCUT2D eigenvalue weighted by molar-refractivity contribution is 0.312. The van der Waals surface area contributed by atoms with Crippen LogP contribution in [0.25, 0.3) is 0 Å². The van der Waals surface area contributed by atoms with Crippen LogP contribution in [0.15, 0.2) is 18.2 Å². The number of ether oxygens (including phenoxy) is 1. The Labute approximate surface area is 128 Å². The van der Waals surface area contributed by atoms with Crippen LogP contribution in [-0.4, -0.2) is 21.6 Å². The highest BCUT2D eigenvalue weighted by atomic mass is 35.5. The van der Waals surface area contributed by atoms with Gasteiger partial charge in [-0.2, -0.15) is 15.0 Å². The maximum atomic E-state index is 5.91. The number of benzene rings is 1. The fraction of sp³-hybridized carbons (Fsp3) is 0.400. The van der Waals surface area contributed by atoms with Gasteiger partial charge in [0.05, 0.1) is 6.61 Å². The maximum Gasteiger partial charge on any atom is 0.322 e. The van der Waals surface area contributed by atoms with Crippen molar-refractivity contribution in [2.24, 2.45) is 0 Å². The van der Waals surface area contributed by atoms with E-state index in [1.54, 1.807) is 0 Å². The molecule has 1 aromatic heterocycles. The molecule has 1 heterocycles. The van der Waals surface area contributed by atoms with Crippen LogP contribution < -0.4 is 10.1 Å². The zero-order valence-electron chi connectivity index (χ0n) is 11.9. The van der Waals surface area contributed by atoms with Gasteiger partial charge in [-0.15, -0.1) is 0 Å². The SMILES string of the molecule is CCOc1nc(Cl)nc(Nc2cccc3c2CCCC3)n1. The Morgan fingerprint density at radius 3 is 2.90 bits per heavy atom. The molecule has 0 fully saturated rings. The van der Waals surface area contributed by atoms with Crippen molar-refractivity contribution in [3.05, 3.63) is 34.6 Å². The maximum absolute atomic E-state index is 5.91. The minimum absolute atomic E-state index is 0.126. The quantitative estimate of drug-likeness (QED) is 0.936. The Morgan fingerprint density at radius 1 is 1.19 bits per heavy atom. The molecule has 0 bridgehead atoms. The van der Waals surface area contributed by atoms with E-state index in [1.807, 2.05) is 13.0 Å². The lowest BCUT2D eigenvalue weighted by Gasteiger charge is -2.19. The van der Waals surface area contributed by atoms with Crippen LogP contribution in [0.1, 0.15) is 30.9 Å². The lowest BCUT2D eigenvalue weighted by Crippen LogP contribution is -2.08. The molecular weight excluding hydrogens is 288 g/mol. The second kappa shape index (κ2) is 6.26. The molecule has 110 valence electrons. The first-order valence-corrected chi connectivity index (χ1v) is 7.56. The number of halogens is 1. The van der Waals surface area contributed by atoms with Crippen LogP contribution in [0.2, 0.25) is 5.28 Å². The molecule has 0 aliphatic heterocycles. The van der Waals surface area contributed by atoms with Gasteiger partial charge in [0.1, 0.15) is 0 Å². The molecule has 2 aromatic rings. The molecule has 1 aliphatic carbocycles. The molecule has 0 radical (unpaired) electrons. The molecule has 6 heteroatoms. The van der Waals surface area contributed by atoms with Gasteiger partial charge in [-0.25, -0.2) is 0 Å². The molecule has 1 aliphatic rings. The number of hydrogen-bond acceptors (Lipinski definition) is 5. The van der Waals surface area contributed by atoms with Gasteiger partial charge < -0.3 is 10.1 Å². The van der Waals surface area contributed by atoms with Crippen LogP contribution in [0.3, 0.4) is 0 Å². The Kier molecular flexibility index (Phi) is 4.20. The van der Waals surface area contributed by atoms with Gasteiger partial charge in [0.25, 0.3) is 0 Å². The minimum atomic E-state index is 0.126. The summed E-state index contributed by atoms with van der Waals surface area (Å²) in [6.07, 6.45) is 4.68. The molecule has 3 rings (SSSR count). The topological polar surface area (TPSA) is 59.9 Å². The number of nitrogens with one attached hydrogen (secondary N) is 1. The summed E-state index contributed by atoms with van der Waals surface area (Å²) in [5, 5.41) is 3.37. The zero-order valence-corrected chi connectivity index (χ0v) is 12.7. The van der Waals surface area contributed by atoms with Crippen LogP contribution in [0.4, 0.5) is 11.6 Å². The molecule has 0 amide bonds. The highest BCUT2D eigenvalue weighted by Crippen LogP contribution is 2.29. The van der Waals surface area contributed by atoms with Crippen molar-refractivity contribution >= 4 is 23.2 Å². The van der Waals surface area contributed by atoms with Gasteiger partial charge in [-0.05, 0) is 61.4 Å². The average molecular weight is 305 g/mol. The lowest BCUT2D eigenvalue weighted by atomic mass is 9.90. The van der Waals surface area contributed by atoms with Crippen molar-refractivity contribution in [1.29, 1.82) is 0 Å². The number of nitrogens with zero attached hydrogens (tertiary/aromatic N) is 3. The summed E-state index contributed by atoms with van der Waals surface area (Å²) in [4.78, 5) is 12.3. The highest BCUT2D eigenvalue weighted by molar-refractivity contribution is 6.28. The third-order valence-corrected chi connectivity index (χ3v) is 3.67. The largest absolute Gasteiger partial charge is 0.464 e. The van der Waals surface area contributed by atoms with E-state index in [4.69, 9.17) is 16.3 Å². The van der Waals surface area contributed by atoms with Gasteiger partial charge in [-0.1, -0.05) is 12.1 Å². The summed E-state index contributed by atoms with van der Waals surface area (Å²) in [5.74, 6) is 0.414. The third kappa shape index (κ3) is 3.24. The van der Waals surface area contributed by atoms with Crippen molar-refractivity contribution in [2.75, 3.05) is 11.9 Å². The summed E-state index contributed by atoms with van der Waals surface area (Å²) in [7, 11) is 0. The molecule has 0 atom stereocenters. The van der Waals surface area contributed by atoms with E-state index in [1.165, 1.54) is 24.0 Å². The number of fused-ring (bicyclic) bond motifs is 1. The predicted octanol–water partition coefficient (Wildman–Crippen LogP) is 3.55. The van der Waals surface area contributed by atoms with Crippen molar-refractivity contribution in [3.63, 3.8) is 0 Å². The van der Waals surface area contributed by atoms with Crippen molar-refractivity contribution in [2.45, 2.75) is 32.6 Å². The minimum Gasteiger partial charge on any atom is -0.464 e. The van der Waals surface area contributed by atoms with Gasteiger partial charge in [-0.3, -0.25) is 0 Å². The summed E-state index contributed by atoms with van der Waals surface area (Å²) in [5.41, 5.74) is 3.78. The van der Waals surface area contributed by atoms with E-state index in [2.05, 4.69) is 32.4 Å². The Balaban J connectivity index is 1.90. The Morgan fingerprint density at radius 2 is 2.05 bits per heavy atom. The monoisotopic (exact) mass is 304 g/mol. The van der Waals surface area contributed by atoms with Crippen molar-refractivity contribution in [3.8, 4) is 6.01 Å². The molecular formula is C15H17ClN4O. The van der Waals surface area contributed by atoms with Crippen LogP contribution in [0, 0.1) is 0 Å². The molecule has 0 spiro atoms. The van der Waals surface area contributed by atoms with Crippen molar-refractivity contribution in [1.82, 2.24) is 15.0 Å². The predicted molar refractivity (Wildman–Crippen MR) is 82.4 cm³/mol. The molecule has 5 nitrogen and oxygen atoms in total. The van der Waals surface area contributed by atoms with Crippen LogP contribution in [0.5, 0.6) is 6.01 Å². The van der Waals surface area contributed by atoms with E-state index >= 15 is 0 Å². The van der Waals surface area contributed by atoms with Gasteiger partial charge >= 0.3 is 6.01 Å². The second-order valence-electron chi connectivity index (χ2n) is 4.92. The van der Waals surface area contributed by atoms with Gasteiger partial charge in [0.15, 0.2) is 0 Å². The van der Waals surface area contributed by atoms with E-state index in [-0.39, 0.29) is 11.3 Å². The summed E-state index contributed by atoms with van der Waals surface area (Å²) in [6, 6.07) is 6.52. The summed E-state index contributed by atoms with van der Waals surface area (Å²) < 4.78 is 5.29. The number of aryl methyl sites for hydroxylation is 1. The van der Waals surface area contributed by atoms with E-state index in [0.29, 0.717) is 12.6 Å². The van der Waals surface area contributed by atoms with Crippen LogP contribution in [-0.2, 0) is 12.8 Å². The fourth-order valence-corrected chi connectivity index (χ4v) is 2.75. The first-order chi connectivity index (χ1) is 10.3. The summed E-state index contributed by atoms with van der Waals surface area (Å²) in [6.45, 7) is 2.36. The molecule has 1 aromatic carbocycles. The van der Waals surface area contributed by atoms with Crippen molar-refractivity contribution < 1.29 is 4.74 Å². The van der Waals surface area contributed by atoms with Crippen LogP contribution >= 0.6 is 11.6 Å². The number of anilines is 2. The van der Waals surface area contributed by atoms with E-state index in [0.717, 1.165) is 18.5 Å². The standard InChI is InChI=1S/C15H17ClN4O/c1-2-21-15-19-13(16)18-14(20-15)17-12-9-5-7-10-6-3-4-8-11(10)12/h5,7,9H,2-4,6,8H2,1H3,(H,17,18,19,20). The average Bonchev–Trinajstić information content (AvgIpc) is 2.47. The highest BCUT2D eigenvalue weighted by Gasteiger charge is 2.14. The first-order valence-electron chi connectivity index (χ1n) is 7.18. The number of aromatic nitrogens is 3. The fourth-order valence-electron chi connectivity index (χ4n) is 2.60. The normalized spacial score (nSPS) is 13.6. The molecule has 1 N–H and O–H groups in total. The van der Waals surface area contributed by atoms with E-state index in [9.17, 15) is 0 Å². The molecule has 0 saturated carbocycles.